The van der Waals surface area contributed by atoms with E-state index < -0.39 is 0 Å². The molecule has 2 rings (SSSR count). The van der Waals surface area contributed by atoms with Crippen LogP contribution in [0.3, 0.4) is 0 Å². The van der Waals surface area contributed by atoms with Gasteiger partial charge in [0.15, 0.2) is 0 Å². The van der Waals surface area contributed by atoms with Crippen molar-refractivity contribution < 1.29 is 0 Å². The SMILES string of the molecule is Cc1ncc(Br)n1CC1CCNC1. The van der Waals surface area contributed by atoms with Crippen molar-refractivity contribution in [2.24, 2.45) is 5.92 Å². The Balaban J connectivity index is 2.07. The van der Waals surface area contributed by atoms with Gasteiger partial charge in [0.1, 0.15) is 10.4 Å². The van der Waals surface area contributed by atoms with Crippen LogP contribution in [0.25, 0.3) is 0 Å². The van der Waals surface area contributed by atoms with Gasteiger partial charge < -0.3 is 9.88 Å². The van der Waals surface area contributed by atoms with Gasteiger partial charge in [-0.25, -0.2) is 4.98 Å². The van der Waals surface area contributed by atoms with Gasteiger partial charge in [-0.2, -0.15) is 0 Å². The molecule has 1 N–H and O–H groups in total. The second kappa shape index (κ2) is 3.80. The number of aryl methyl sites for hydroxylation is 1. The molecule has 1 aromatic heterocycles. The minimum Gasteiger partial charge on any atom is -0.323 e. The molecule has 0 aromatic carbocycles. The first-order chi connectivity index (χ1) is 6.27. The molecular weight excluding hydrogens is 230 g/mol. The molecular formula is C9H14BrN3. The van der Waals surface area contributed by atoms with E-state index in [-0.39, 0.29) is 0 Å². The van der Waals surface area contributed by atoms with E-state index in [1.807, 2.05) is 13.1 Å². The standard InChI is InChI=1S/C9H14BrN3/c1-7-12-5-9(10)13(7)6-8-2-3-11-4-8/h5,8,11H,2-4,6H2,1H3. The number of hydrogen-bond donors (Lipinski definition) is 1. The van der Waals surface area contributed by atoms with Crippen molar-refractivity contribution in [3.63, 3.8) is 0 Å². The van der Waals surface area contributed by atoms with E-state index in [1.165, 1.54) is 6.42 Å². The van der Waals surface area contributed by atoms with Gasteiger partial charge in [0.05, 0.1) is 6.20 Å². The molecule has 0 saturated carbocycles. The Kier molecular flexibility index (Phi) is 2.69. The quantitative estimate of drug-likeness (QED) is 0.855. The van der Waals surface area contributed by atoms with Crippen LogP contribution in [0.15, 0.2) is 10.8 Å². The lowest BCUT2D eigenvalue weighted by molar-refractivity contribution is 0.469. The number of nitrogens with one attached hydrogen (secondary N) is 1. The molecule has 4 heteroatoms. The maximum Gasteiger partial charge on any atom is 0.106 e. The second-order valence-corrected chi connectivity index (χ2v) is 4.41. The Morgan fingerprint density at radius 1 is 1.77 bits per heavy atom. The lowest BCUT2D eigenvalue weighted by atomic mass is 10.1. The molecule has 1 aromatic rings. The molecule has 13 heavy (non-hydrogen) atoms. The van der Waals surface area contributed by atoms with Crippen LogP contribution in [-0.2, 0) is 6.54 Å². The highest BCUT2D eigenvalue weighted by atomic mass is 79.9. The summed E-state index contributed by atoms with van der Waals surface area (Å²) in [4.78, 5) is 4.25. The molecule has 0 amide bonds. The number of rotatable bonds is 2. The van der Waals surface area contributed by atoms with Crippen molar-refractivity contribution in [3.8, 4) is 0 Å². The Labute approximate surface area is 86.7 Å². The average molecular weight is 244 g/mol. The van der Waals surface area contributed by atoms with Crippen LogP contribution < -0.4 is 5.32 Å². The van der Waals surface area contributed by atoms with Crippen LogP contribution in [0.1, 0.15) is 12.2 Å². The van der Waals surface area contributed by atoms with E-state index in [4.69, 9.17) is 0 Å². The molecule has 0 bridgehead atoms. The number of halogens is 1. The Hall–Kier alpha value is -0.350. The highest BCUT2D eigenvalue weighted by Crippen LogP contribution is 2.17. The maximum absolute atomic E-state index is 4.25. The van der Waals surface area contributed by atoms with E-state index >= 15 is 0 Å². The highest BCUT2D eigenvalue weighted by Gasteiger charge is 2.16. The Morgan fingerprint density at radius 2 is 2.62 bits per heavy atom. The molecule has 0 spiro atoms. The third kappa shape index (κ3) is 1.94. The lowest BCUT2D eigenvalue weighted by Gasteiger charge is -2.11. The van der Waals surface area contributed by atoms with Crippen molar-refractivity contribution in [2.75, 3.05) is 13.1 Å². The van der Waals surface area contributed by atoms with E-state index in [0.717, 1.165) is 36.0 Å². The van der Waals surface area contributed by atoms with Gasteiger partial charge in [0.2, 0.25) is 0 Å². The van der Waals surface area contributed by atoms with Gasteiger partial charge in [0, 0.05) is 6.54 Å². The fourth-order valence-corrected chi connectivity index (χ4v) is 2.29. The third-order valence-corrected chi connectivity index (χ3v) is 3.24. The monoisotopic (exact) mass is 243 g/mol. The molecule has 1 fully saturated rings. The van der Waals surface area contributed by atoms with Gasteiger partial charge in [0.25, 0.3) is 0 Å². The molecule has 72 valence electrons. The molecule has 1 aliphatic heterocycles. The topological polar surface area (TPSA) is 29.9 Å². The van der Waals surface area contributed by atoms with Crippen molar-refractivity contribution >= 4 is 15.9 Å². The highest BCUT2D eigenvalue weighted by molar-refractivity contribution is 9.10. The predicted molar refractivity (Wildman–Crippen MR) is 55.6 cm³/mol. The van der Waals surface area contributed by atoms with Crippen LogP contribution in [0.2, 0.25) is 0 Å². The molecule has 1 saturated heterocycles. The summed E-state index contributed by atoms with van der Waals surface area (Å²) in [5.41, 5.74) is 0. The average Bonchev–Trinajstić information content (AvgIpc) is 2.70. The van der Waals surface area contributed by atoms with E-state index in [9.17, 15) is 0 Å². The van der Waals surface area contributed by atoms with Gasteiger partial charge in [-0.1, -0.05) is 0 Å². The normalized spacial score (nSPS) is 22.5. The fraction of sp³-hybridized carbons (Fsp3) is 0.667. The minimum atomic E-state index is 0.768. The first kappa shape index (κ1) is 9.21. The zero-order valence-electron chi connectivity index (χ0n) is 7.76. The minimum absolute atomic E-state index is 0.768. The molecule has 1 unspecified atom stereocenters. The largest absolute Gasteiger partial charge is 0.323 e. The molecule has 3 nitrogen and oxygen atoms in total. The van der Waals surface area contributed by atoms with Crippen LogP contribution in [0, 0.1) is 12.8 Å². The van der Waals surface area contributed by atoms with Crippen LogP contribution >= 0.6 is 15.9 Å². The summed E-state index contributed by atoms with van der Waals surface area (Å²) in [6.07, 6.45) is 3.15. The summed E-state index contributed by atoms with van der Waals surface area (Å²) in [6, 6.07) is 0. The first-order valence-electron chi connectivity index (χ1n) is 4.65. The van der Waals surface area contributed by atoms with Crippen molar-refractivity contribution in [1.29, 1.82) is 0 Å². The second-order valence-electron chi connectivity index (χ2n) is 3.60. The van der Waals surface area contributed by atoms with Gasteiger partial charge in [-0.3, -0.25) is 0 Å². The zero-order chi connectivity index (χ0) is 9.26. The summed E-state index contributed by atoms with van der Waals surface area (Å²) in [7, 11) is 0. The number of aromatic nitrogens is 2. The Bertz CT molecular complexity index is 270. The van der Waals surface area contributed by atoms with Gasteiger partial charge in [-0.15, -0.1) is 0 Å². The van der Waals surface area contributed by atoms with E-state index in [0.29, 0.717) is 0 Å². The van der Waals surface area contributed by atoms with Gasteiger partial charge in [-0.05, 0) is 48.3 Å². The summed E-state index contributed by atoms with van der Waals surface area (Å²) in [5, 5.41) is 3.37. The van der Waals surface area contributed by atoms with Crippen molar-refractivity contribution in [2.45, 2.75) is 19.9 Å². The van der Waals surface area contributed by atoms with Crippen LogP contribution in [0.4, 0.5) is 0 Å². The number of imidazole rings is 1. The summed E-state index contributed by atoms with van der Waals surface area (Å²) in [6.45, 7) is 5.44. The van der Waals surface area contributed by atoms with Crippen molar-refractivity contribution in [3.05, 3.63) is 16.6 Å². The molecule has 2 heterocycles. The van der Waals surface area contributed by atoms with Gasteiger partial charge >= 0.3 is 0 Å². The van der Waals surface area contributed by atoms with Crippen LogP contribution in [0.5, 0.6) is 0 Å². The summed E-state index contributed by atoms with van der Waals surface area (Å²) >= 11 is 3.50. The van der Waals surface area contributed by atoms with E-state index in [2.05, 4.69) is 30.8 Å². The first-order valence-corrected chi connectivity index (χ1v) is 5.45. The summed E-state index contributed by atoms with van der Waals surface area (Å²) in [5.74, 6) is 1.86. The number of hydrogen-bond acceptors (Lipinski definition) is 2. The fourth-order valence-electron chi connectivity index (χ4n) is 1.79. The zero-order valence-corrected chi connectivity index (χ0v) is 9.34. The molecule has 0 radical (unpaired) electrons. The van der Waals surface area contributed by atoms with Crippen LogP contribution in [-0.4, -0.2) is 22.6 Å². The third-order valence-electron chi connectivity index (χ3n) is 2.61. The molecule has 0 aliphatic carbocycles. The Morgan fingerprint density at radius 3 is 3.15 bits per heavy atom. The predicted octanol–water partition coefficient (Wildman–Crippen LogP) is 1.56. The number of nitrogens with zero attached hydrogens (tertiary/aromatic N) is 2. The summed E-state index contributed by atoms with van der Waals surface area (Å²) < 4.78 is 3.33. The molecule has 1 atom stereocenters. The van der Waals surface area contributed by atoms with Crippen molar-refractivity contribution in [1.82, 2.24) is 14.9 Å². The molecule has 1 aliphatic rings. The lowest BCUT2D eigenvalue weighted by Crippen LogP contribution is -2.15. The smallest absolute Gasteiger partial charge is 0.106 e. The van der Waals surface area contributed by atoms with E-state index in [1.54, 1.807) is 0 Å². The maximum atomic E-state index is 4.25.